The van der Waals surface area contributed by atoms with Crippen LogP contribution in [0.2, 0.25) is 0 Å². The van der Waals surface area contributed by atoms with Crippen LogP contribution in [0.3, 0.4) is 0 Å². The smallest absolute Gasteiger partial charge is 0.357 e. The third-order valence-corrected chi connectivity index (χ3v) is 7.60. The van der Waals surface area contributed by atoms with Crippen LogP contribution in [0.15, 0.2) is 0 Å². The topological polar surface area (TPSA) is 72.0 Å². The molecule has 1 saturated carbocycles. The summed E-state index contributed by atoms with van der Waals surface area (Å²) in [4.78, 5) is 3.43. The third kappa shape index (κ3) is 2.63. The molecular formula is C11H14F3N3O2S2. The van der Waals surface area contributed by atoms with Crippen molar-refractivity contribution in [3.05, 3.63) is 5.82 Å². The summed E-state index contributed by atoms with van der Waals surface area (Å²) in [5, 5.41) is 3.01. The lowest BCUT2D eigenvalue weighted by Gasteiger charge is -2.46. The van der Waals surface area contributed by atoms with E-state index >= 15 is 0 Å². The molecule has 0 aromatic carbocycles. The fourth-order valence-electron chi connectivity index (χ4n) is 2.97. The van der Waals surface area contributed by atoms with E-state index in [2.05, 4.69) is 14.7 Å². The van der Waals surface area contributed by atoms with Gasteiger partial charge in [0, 0.05) is 17.6 Å². The van der Waals surface area contributed by atoms with Gasteiger partial charge in [0.25, 0.3) is 0 Å². The molecule has 1 saturated heterocycles. The van der Waals surface area contributed by atoms with E-state index in [1.165, 1.54) is 0 Å². The monoisotopic (exact) mass is 341 g/mol. The molecular weight excluding hydrogens is 327 g/mol. The first-order valence-electron chi connectivity index (χ1n) is 6.62. The maximum atomic E-state index is 12.4. The van der Waals surface area contributed by atoms with Crippen LogP contribution in [-0.2, 0) is 16.0 Å². The minimum absolute atomic E-state index is 0.0790. The van der Waals surface area contributed by atoms with E-state index in [-0.39, 0.29) is 16.9 Å². The Morgan fingerprint density at radius 2 is 2.05 bits per heavy atom. The molecule has 1 spiro atoms. The predicted octanol–water partition coefficient (Wildman–Crippen LogP) is 2.47. The minimum Gasteiger partial charge on any atom is -0.357 e. The molecule has 1 aromatic heterocycles. The summed E-state index contributed by atoms with van der Waals surface area (Å²) >= 11 is 0.654. The SMILES string of the molecule is O=S1(=O)CC[C@H](Nc2nc(C(F)(F)F)ns2)CC12CCC2. The van der Waals surface area contributed by atoms with E-state index in [1.54, 1.807) is 0 Å². The van der Waals surface area contributed by atoms with Crippen molar-refractivity contribution in [2.45, 2.75) is 49.1 Å². The molecule has 3 rings (SSSR count). The van der Waals surface area contributed by atoms with Gasteiger partial charge in [0.15, 0.2) is 9.84 Å². The van der Waals surface area contributed by atoms with Crippen LogP contribution in [0.1, 0.15) is 37.9 Å². The number of nitrogens with one attached hydrogen (secondary N) is 1. The number of rotatable bonds is 2. The second-order valence-corrected chi connectivity index (χ2v) is 8.87. The highest BCUT2D eigenvalue weighted by molar-refractivity contribution is 7.92. The van der Waals surface area contributed by atoms with E-state index in [0.717, 1.165) is 6.42 Å². The Hall–Kier alpha value is -0.900. The largest absolute Gasteiger partial charge is 0.452 e. The average Bonchev–Trinajstić information content (AvgIpc) is 2.77. The number of sulfone groups is 1. The second kappa shape index (κ2) is 4.80. The molecule has 1 N–H and O–H groups in total. The number of hydrogen-bond acceptors (Lipinski definition) is 6. The fraction of sp³-hybridized carbons (Fsp3) is 0.818. The first kappa shape index (κ1) is 15.0. The van der Waals surface area contributed by atoms with Gasteiger partial charge in [-0.1, -0.05) is 6.42 Å². The zero-order valence-corrected chi connectivity index (χ0v) is 12.6. The van der Waals surface area contributed by atoms with Crippen molar-refractivity contribution in [2.75, 3.05) is 11.1 Å². The minimum atomic E-state index is -4.55. The quantitative estimate of drug-likeness (QED) is 0.895. The van der Waals surface area contributed by atoms with Crippen LogP contribution in [0.5, 0.6) is 0 Å². The van der Waals surface area contributed by atoms with Crippen molar-refractivity contribution in [1.29, 1.82) is 0 Å². The van der Waals surface area contributed by atoms with E-state index in [1.807, 2.05) is 0 Å². The number of hydrogen-bond donors (Lipinski definition) is 1. The molecule has 0 bridgehead atoms. The Labute approximate surface area is 124 Å². The zero-order chi connectivity index (χ0) is 15.3. The van der Waals surface area contributed by atoms with Gasteiger partial charge in [-0.15, -0.1) is 0 Å². The number of anilines is 1. The van der Waals surface area contributed by atoms with Crippen molar-refractivity contribution < 1.29 is 21.6 Å². The Morgan fingerprint density at radius 1 is 1.33 bits per heavy atom. The second-order valence-electron chi connectivity index (χ2n) is 5.61. The van der Waals surface area contributed by atoms with Crippen LogP contribution >= 0.6 is 11.5 Å². The molecule has 21 heavy (non-hydrogen) atoms. The number of aromatic nitrogens is 2. The highest BCUT2D eigenvalue weighted by Crippen LogP contribution is 2.47. The summed E-state index contributed by atoms with van der Waals surface area (Å²) < 4.78 is 64.2. The molecule has 5 nitrogen and oxygen atoms in total. The molecule has 1 aromatic rings. The van der Waals surface area contributed by atoms with E-state index < -0.39 is 26.6 Å². The Balaban J connectivity index is 1.71. The van der Waals surface area contributed by atoms with Crippen LogP contribution < -0.4 is 5.32 Å². The molecule has 0 amide bonds. The van der Waals surface area contributed by atoms with Gasteiger partial charge < -0.3 is 5.32 Å². The maximum Gasteiger partial charge on any atom is 0.452 e. The molecule has 2 heterocycles. The van der Waals surface area contributed by atoms with E-state index in [9.17, 15) is 21.6 Å². The Kier molecular flexibility index (Phi) is 3.43. The van der Waals surface area contributed by atoms with Crippen LogP contribution in [0, 0.1) is 0 Å². The molecule has 2 fully saturated rings. The number of halogens is 3. The molecule has 10 heteroatoms. The van der Waals surface area contributed by atoms with Gasteiger partial charge in [-0.25, -0.2) is 8.42 Å². The molecule has 2 aliphatic rings. The van der Waals surface area contributed by atoms with Crippen molar-refractivity contribution in [1.82, 2.24) is 9.36 Å². The average molecular weight is 341 g/mol. The highest BCUT2D eigenvalue weighted by Gasteiger charge is 2.52. The van der Waals surface area contributed by atoms with Gasteiger partial charge in [0.05, 0.1) is 10.5 Å². The van der Waals surface area contributed by atoms with E-state index in [4.69, 9.17) is 0 Å². The highest BCUT2D eigenvalue weighted by atomic mass is 32.2. The van der Waals surface area contributed by atoms with Gasteiger partial charge in [0.1, 0.15) is 0 Å². The maximum absolute atomic E-state index is 12.4. The summed E-state index contributed by atoms with van der Waals surface area (Å²) in [5.74, 6) is -1.08. The summed E-state index contributed by atoms with van der Waals surface area (Å²) in [5.41, 5.74) is 0. The normalized spacial score (nSPS) is 27.3. The lowest BCUT2D eigenvalue weighted by atomic mass is 9.79. The molecule has 118 valence electrons. The molecule has 1 aliphatic heterocycles. The zero-order valence-electron chi connectivity index (χ0n) is 11.0. The summed E-state index contributed by atoms with van der Waals surface area (Å²) in [7, 11) is -3.08. The van der Waals surface area contributed by atoms with Crippen molar-refractivity contribution in [3.8, 4) is 0 Å². The van der Waals surface area contributed by atoms with Gasteiger partial charge in [0.2, 0.25) is 11.0 Å². The van der Waals surface area contributed by atoms with Crippen molar-refractivity contribution >= 4 is 26.5 Å². The predicted molar refractivity (Wildman–Crippen MR) is 71.9 cm³/mol. The molecule has 0 unspecified atom stereocenters. The standard InChI is InChI=1S/C11H14F3N3O2S2/c12-11(13,14)8-16-9(20-17-8)15-7-2-5-21(18,19)10(6-7)3-1-4-10/h7H,1-6H2,(H,15,16,17)/t7-/m0/s1. The third-order valence-electron chi connectivity index (χ3n) is 4.29. The van der Waals surface area contributed by atoms with Gasteiger partial charge in [-0.3, -0.25) is 0 Å². The first-order valence-corrected chi connectivity index (χ1v) is 9.04. The number of nitrogens with zero attached hydrogens (tertiary/aromatic N) is 2. The molecule has 1 aliphatic carbocycles. The first-order chi connectivity index (χ1) is 9.72. The van der Waals surface area contributed by atoms with E-state index in [0.29, 0.717) is 37.2 Å². The Bertz CT molecular complexity index is 637. The summed E-state index contributed by atoms with van der Waals surface area (Å²) in [6.07, 6.45) is -1.53. The van der Waals surface area contributed by atoms with Crippen LogP contribution in [0.4, 0.5) is 18.3 Å². The van der Waals surface area contributed by atoms with Crippen LogP contribution in [-0.4, -0.2) is 34.3 Å². The summed E-state index contributed by atoms with van der Waals surface area (Å²) in [6, 6.07) is -0.164. The van der Waals surface area contributed by atoms with Crippen LogP contribution in [0.25, 0.3) is 0 Å². The van der Waals surface area contributed by atoms with Crippen molar-refractivity contribution in [3.63, 3.8) is 0 Å². The summed E-state index contributed by atoms with van der Waals surface area (Å²) in [6.45, 7) is 0. The van der Waals surface area contributed by atoms with Crippen molar-refractivity contribution in [2.24, 2.45) is 0 Å². The molecule has 0 radical (unpaired) electrons. The van der Waals surface area contributed by atoms with Gasteiger partial charge in [-0.05, 0) is 25.7 Å². The lowest BCUT2D eigenvalue weighted by molar-refractivity contribution is -0.144. The molecule has 1 atom stereocenters. The van der Waals surface area contributed by atoms with Gasteiger partial charge >= 0.3 is 6.18 Å². The fourth-order valence-corrected chi connectivity index (χ4v) is 6.03. The Morgan fingerprint density at radius 3 is 2.57 bits per heavy atom. The number of alkyl halides is 3. The van der Waals surface area contributed by atoms with Gasteiger partial charge in [-0.2, -0.15) is 22.5 Å². The lowest BCUT2D eigenvalue weighted by Crippen LogP contribution is -2.53.